The number of imidazole rings is 1. The Bertz CT molecular complexity index is 1090. The molecule has 0 radical (unpaired) electrons. The van der Waals surface area contributed by atoms with Crippen molar-refractivity contribution in [2.75, 3.05) is 32.8 Å². The number of nitrogens with zero attached hydrogens (tertiary/aromatic N) is 4. The molecule has 0 saturated carbocycles. The molecule has 0 atom stereocenters. The Labute approximate surface area is 183 Å². The van der Waals surface area contributed by atoms with Crippen LogP contribution in [-0.4, -0.2) is 58.1 Å². The van der Waals surface area contributed by atoms with Crippen LogP contribution in [0.1, 0.15) is 25.5 Å². The number of benzene rings is 1. The lowest BCUT2D eigenvalue weighted by Crippen LogP contribution is -2.50. The second-order valence-electron chi connectivity index (χ2n) is 9.62. The molecule has 2 fully saturated rings. The summed E-state index contributed by atoms with van der Waals surface area (Å²) < 4.78 is 7.39. The number of fused-ring (bicyclic) bond motifs is 1. The second-order valence-corrected chi connectivity index (χ2v) is 9.62. The Morgan fingerprint density at radius 2 is 1.97 bits per heavy atom. The molecule has 6 heteroatoms. The minimum atomic E-state index is 0.153. The van der Waals surface area contributed by atoms with Gasteiger partial charge in [-0.1, -0.05) is 19.1 Å². The molecule has 2 saturated heterocycles. The minimum Gasteiger partial charge on any atom is -0.380 e. The zero-order valence-corrected chi connectivity index (χ0v) is 18.4. The first kappa shape index (κ1) is 20.3. The molecule has 2 aliphatic rings. The first-order chi connectivity index (χ1) is 15.0. The number of Topliss-reactive ketones (excluding diaryl/α,β-unsaturated/α-hetero) is 1. The summed E-state index contributed by atoms with van der Waals surface area (Å²) in [7, 11) is 1.99. The van der Waals surface area contributed by atoms with E-state index >= 15 is 0 Å². The summed E-state index contributed by atoms with van der Waals surface area (Å²) in [5, 5.41) is 2.20. The lowest BCUT2D eigenvalue weighted by Gasteiger charge is -2.43. The third kappa shape index (κ3) is 4.27. The molecule has 1 aromatic carbocycles. The lowest BCUT2D eigenvalue weighted by molar-refractivity contribution is -0.127. The fraction of sp³-hybridized carbons (Fsp3) is 0.480. The Balaban J connectivity index is 1.24. The van der Waals surface area contributed by atoms with Crippen molar-refractivity contribution in [2.45, 2.75) is 26.2 Å². The van der Waals surface area contributed by atoms with Crippen molar-refractivity contribution in [3.8, 4) is 11.3 Å². The predicted molar refractivity (Wildman–Crippen MR) is 121 cm³/mol. The lowest BCUT2D eigenvalue weighted by atomic mass is 9.85. The van der Waals surface area contributed by atoms with Crippen LogP contribution in [0.3, 0.4) is 0 Å². The van der Waals surface area contributed by atoms with E-state index < -0.39 is 0 Å². The Morgan fingerprint density at radius 1 is 1.16 bits per heavy atom. The standard InChI is InChI=1S/C25H30N4O2/c1-25(15-31-16-25)14-29-7-5-18(6-8-29)24(30)11-22-10-21-9-19(3-4-20(21)12-27-22)23-13-26-17-28(23)2/h3-4,9-10,12-13,17-18H,5-8,11,14-16H2,1-2H3. The highest BCUT2D eigenvalue weighted by Gasteiger charge is 2.36. The predicted octanol–water partition coefficient (Wildman–Crippen LogP) is 3.50. The minimum absolute atomic E-state index is 0.153. The second kappa shape index (κ2) is 8.17. The molecule has 5 rings (SSSR count). The molecule has 31 heavy (non-hydrogen) atoms. The van der Waals surface area contributed by atoms with Crippen LogP contribution in [0.25, 0.3) is 22.0 Å². The number of carbonyl (C=O) groups excluding carboxylic acids is 1. The third-order valence-electron chi connectivity index (χ3n) is 6.80. The van der Waals surface area contributed by atoms with Gasteiger partial charge in [0.25, 0.3) is 0 Å². The quantitative estimate of drug-likeness (QED) is 0.613. The van der Waals surface area contributed by atoms with Gasteiger partial charge in [0, 0.05) is 54.2 Å². The van der Waals surface area contributed by atoms with Gasteiger partial charge in [0.05, 0.1) is 31.4 Å². The van der Waals surface area contributed by atoms with Crippen molar-refractivity contribution < 1.29 is 9.53 Å². The highest BCUT2D eigenvalue weighted by atomic mass is 16.5. The van der Waals surface area contributed by atoms with E-state index in [0.717, 1.165) is 73.4 Å². The molecule has 4 heterocycles. The van der Waals surface area contributed by atoms with Crippen molar-refractivity contribution in [2.24, 2.45) is 18.4 Å². The molecule has 0 bridgehead atoms. The summed E-state index contributed by atoms with van der Waals surface area (Å²) in [5.41, 5.74) is 3.36. The number of ether oxygens (including phenoxy) is 1. The summed E-state index contributed by atoms with van der Waals surface area (Å²) in [4.78, 5) is 24.3. The fourth-order valence-electron chi connectivity index (χ4n) is 4.90. The molecule has 2 aromatic heterocycles. The van der Waals surface area contributed by atoms with Gasteiger partial charge in [-0.3, -0.25) is 9.78 Å². The first-order valence-corrected chi connectivity index (χ1v) is 11.2. The van der Waals surface area contributed by atoms with Gasteiger partial charge in [0.2, 0.25) is 0 Å². The summed E-state index contributed by atoms with van der Waals surface area (Å²) in [5.74, 6) is 0.479. The number of hydrogen-bond donors (Lipinski definition) is 0. The van der Waals surface area contributed by atoms with Gasteiger partial charge in [0.15, 0.2) is 0 Å². The van der Waals surface area contributed by atoms with E-state index in [9.17, 15) is 4.79 Å². The van der Waals surface area contributed by atoms with Crippen LogP contribution in [0.5, 0.6) is 0 Å². The molecule has 6 nitrogen and oxygen atoms in total. The van der Waals surface area contributed by atoms with Crippen LogP contribution >= 0.6 is 0 Å². The van der Waals surface area contributed by atoms with Gasteiger partial charge in [0.1, 0.15) is 5.78 Å². The van der Waals surface area contributed by atoms with Crippen LogP contribution < -0.4 is 0 Å². The Kier molecular flexibility index (Phi) is 5.36. The summed E-state index contributed by atoms with van der Waals surface area (Å²) >= 11 is 0. The van der Waals surface area contributed by atoms with Crippen molar-refractivity contribution in [3.63, 3.8) is 0 Å². The molecular formula is C25H30N4O2. The largest absolute Gasteiger partial charge is 0.380 e. The number of ketones is 1. The van der Waals surface area contributed by atoms with Crippen LogP contribution in [0, 0.1) is 11.3 Å². The molecule has 3 aromatic rings. The average molecular weight is 419 g/mol. The van der Waals surface area contributed by atoms with Gasteiger partial charge in [-0.25, -0.2) is 4.98 Å². The topological polar surface area (TPSA) is 60.2 Å². The van der Waals surface area contributed by atoms with E-state index in [1.54, 1.807) is 0 Å². The van der Waals surface area contributed by atoms with Gasteiger partial charge >= 0.3 is 0 Å². The van der Waals surface area contributed by atoms with Crippen molar-refractivity contribution in [1.82, 2.24) is 19.4 Å². The number of aryl methyl sites for hydroxylation is 1. The molecule has 2 aliphatic heterocycles. The summed E-state index contributed by atoms with van der Waals surface area (Å²) in [6.45, 7) is 7.11. The van der Waals surface area contributed by atoms with Crippen molar-refractivity contribution >= 4 is 16.6 Å². The van der Waals surface area contributed by atoms with E-state index in [1.165, 1.54) is 0 Å². The Hall–Kier alpha value is -2.57. The number of rotatable bonds is 6. The molecular weight excluding hydrogens is 388 g/mol. The number of likely N-dealkylation sites (tertiary alicyclic amines) is 1. The smallest absolute Gasteiger partial charge is 0.142 e. The molecule has 0 N–H and O–H groups in total. The van der Waals surface area contributed by atoms with Crippen LogP contribution in [0.4, 0.5) is 0 Å². The monoisotopic (exact) mass is 418 g/mol. The normalized spacial score (nSPS) is 19.4. The SMILES string of the molecule is Cn1cncc1-c1ccc2cnc(CC(=O)C3CCN(CC4(C)COC4)CC3)cc2c1. The van der Waals surface area contributed by atoms with Gasteiger partial charge in [-0.15, -0.1) is 0 Å². The van der Waals surface area contributed by atoms with Gasteiger partial charge < -0.3 is 14.2 Å². The molecule has 0 amide bonds. The summed E-state index contributed by atoms with van der Waals surface area (Å²) in [6.07, 6.45) is 7.89. The molecule has 0 unspecified atom stereocenters. The number of carbonyl (C=O) groups is 1. The van der Waals surface area contributed by atoms with E-state index in [4.69, 9.17) is 4.74 Å². The zero-order chi connectivity index (χ0) is 21.4. The highest BCUT2D eigenvalue weighted by molar-refractivity contribution is 5.88. The van der Waals surface area contributed by atoms with E-state index in [1.807, 2.05) is 30.3 Å². The molecule has 162 valence electrons. The van der Waals surface area contributed by atoms with E-state index in [-0.39, 0.29) is 5.92 Å². The number of aromatic nitrogens is 3. The van der Waals surface area contributed by atoms with E-state index in [2.05, 4.69) is 46.1 Å². The van der Waals surface area contributed by atoms with Crippen molar-refractivity contribution in [3.05, 3.63) is 48.7 Å². The molecule has 0 aliphatic carbocycles. The number of piperidine rings is 1. The number of hydrogen-bond acceptors (Lipinski definition) is 5. The summed E-state index contributed by atoms with van der Waals surface area (Å²) in [6, 6.07) is 8.40. The third-order valence-corrected chi connectivity index (χ3v) is 6.80. The van der Waals surface area contributed by atoms with Crippen molar-refractivity contribution in [1.29, 1.82) is 0 Å². The maximum atomic E-state index is 13.0. The zero-order valence-electron chi connectivity index (χ0n) is 18.4. The van der Waals surface area contributed by atoms with Gasteiger partial charge in [-0.05, 0) is 43.5 Å². The first-order valence-electron chi connectivity index (χ1n) is 11.2. The van der Waals surface area contributed by atoms with Gasteiger partial charge in [-0.2, -0.15) is 0 Å². The molecule has 0 spiro atoms. The van der Waals surface area contributed by atoms with Crippen LogP contribution in [0.2, 0.25) is 0 Å². The highest BCUT2D eigenvalue weighted by Crippen LogP contribution is 2.30. The number of pyridine rings is 1. The maximum absolute atomic E-state index is 13.0. The van der Waals surface area contributed by atoms with Crippen LogP contribution in [0.15, 0.2) is 43.0 Å². The maximum Gasteiger partial charge on any atom is 0.142 e. The van der Waals surface area contributed by atoms with Crippen LogP contribution in [-0.2, 0) is 23.0 Å². The Morgan fingerprint density at radius 3 is 2.65 bits per heavy atom. The fourth-order valence-corrected chi connectivity index (χ4v) is 4.90. The average Bonchev–Trinajstić information content (AvgIpc) is 3.18. The van der Waals surface area contributed by atoms with E-state index in [0.29, 0.717) is 17.6 Å².